The molecule has 3 rings (SSSR count). The first-order valence-electron chi connectivity index (χ1n) is 9.48. The molecular formula is C24H26N2O2. The van der Waals surface area contributed by atoms with Crippen molar-refractivity contribution in [3.63, 3.8) is 0 Å². The van der Waals surface area contributed by atoms with Crippen LogP contribution in [0.3, 0.4) is 0 Å². The van der Waals surface area contributed by atoms with E-state index in [1.54, 1.807) is 0 Å². The number of carbonyl (C=O) groups is 1. The molecule has 0 bridgehead atoms. The van der Waals surface area contributed by atoms with E-state index in [0.29, 0.717) is 6.61 Å². The zero-order valence-electron chi connectivity index (χ0n) is 16.4. The van der Waals surface area contributed by atoms with Crippen molar-refractivity contribution in [1.82, 2.24) is 0 Å². The summed E-state index contributed by atoms with van der Waals surface area (Å²) in [4.78, 5) is 12.2. The summed E-state index contributed by atoms with van der Waals surface area (Å²) >= 11 is 0. The Kier molecular flexibility index (Phi) is 6.68. The molecule has 0 aliphatic heterocycles. The monoisotopic (exact) mass is 374 g/mol. The summed E-state index contributed by atoms with van der Waals surface area (Å²) in [5.41, 5.74) is 5.28. The van der Waals surface area contributed by atoms with Crippen molar-refractivity contribution in [2.45, 2.75) is 20.3 Å². The highest BCUT2D eigenvalue weighted by atomic mass is 16.5. The molecule has 0 unspecified atom stereocenters. The minimum atomic E-state index is -0.0830. The Bertz CT molecular complexity index is 885. The Labute approximate surface area is 166 Å². The van der Waals surface area contributed by atoms with Crippen LogP contribution in [-0.4, -0.2) is 19.1 Å². The predicted octanol–water partition coefficient (Wildman–Crippen LogP) is 4.98. The van der Waals surface area contributed by atoms with Gasteiger partial charge in [-0.1, -0.05) is 48.5 Å². The van der Waals surface area contributed by atoms with E-state index < -0.39 is 0 Å². The zero-order chi connectivity index (χ0) is 19.8. The van der Waals surface area contributed by atoms with Crippen LogP contribution in [0.1, 0.15) is 16.7 Å². The van der Waals surface area contributed by atoms with Gasteiger partial charge in [-0.2, -0.15) is 0 Å². The maximum absolute atomic E-state index is 12.2. The van der Waals surface area contributed by atoms with Crippen LogP contribution < -0.4 is 15.4 Å². The number of aryl methyl sites for hydroxylation is 2. The topological polar surface area (TPSA) is 50.4 Å². The Balaban J connectivity index is 1.45. The second-order valence-electron chi connectivity index (χ2n) is 6.78. The van der Waals surface area contributed by atoms with Crippen molar-refractivity contribution in [3.8, 4) is 5.75 Å². The predicted molar refractivity (Wildman–Crippen MR) is 115 cm³/mol. The summed E-state index contributed by atoms with van der Waals surface area (Å²) in [6.07, 6.45) is 0.864. The van der Waals surface area contributed by atoms with Crippen LogP contribution >= 0.6 is 0 Å². The van der Waals surface area contributed by atoms with Gasteiger partial charge >= 0.3 is 0 Å². The lowest BCUT2D eigenvalue weighted by Crippen LogP contribution is -2.22. The summed E-state index contributed by atoms with van der Waals surface area (Å²) in [6.45, 7) is 4.91. The van der Waals surface area contributed by atoms with E-state index in [-0.39, 0.29) is 12.5 Å². The Morgan fingerprint density at radius 2 is 1.54 bits per heavy atom. The van der Waals surface area contributed by atoms with Crippen LogP contribution in [-0.2, 0) is 11.2 Å². The minimum Gasteiger partial charge on any atom is -0.493 e. The largest absolute Gasteiger partial charge is 0.493 e. The number of hydrogen-bond donors (Lipinski definition) is 2. The van der Waals surface area contributed by atoms with Crippen LogP contribution in [0, 0.1) is 13.8 Å². The van der Waals surface area contributed by atoms with E-state index in [2.05, 4.69) is 22.8 Å². The lowest BCUT2D eigenvalue weighted by Gasteiger charge is -2.13. The molecule has 0 heterocycles. The van der Waals surface area contributed by atoms with Gasteiger partial charge in [0.15, 0.2) is 0 Å². The number of nitrogens with one attached hydrogen (secondary N) is 2. The molecule has 0 atom stereocenters. The summed E-state index contributed by atoms with van der Waals surface area (Å²) in [5, 5.41) is 6.12. The molecule has 2 N–H and O–H groups in total. The van der Waals surface area contributed by atoms with E-state index in [9.17, 15) is 4.79 Å². The second-order valence-corrected chi connectivity index (χ2v) is 6.78. The SMILES string of the molecule is Cc1cccc(C)c1NCC(=O)Nc1ccc(OCCc2ccccc2)cc1. The highest BCUT2D eigenvalue weighted by Gasteiger charge is 2.06. The number of anilines is 2. The van der Waals surface area contributed by atoms with Gasteiger partial charge in [0.25, 0.3) is 0 Å². The standard InChI is InChI=1S/C24H26N2O2/c1-18-7-6-8-19(2)24(18)25-17-23(27)26-21-11-13-22(14-12-21)28-16-15-20-9-4-3-5-10-20/h3-14,25H,15-17H2,1-2H3,(H,26,27). The Morgan fingerprint density at radius 3 is 2.21 bits per heavy atom. The van der Waals surface area contributed by atoms with Crippen molar-refractivity contribution in [2.75, 3.05) is 23.8 Å². The summed E-state index contributed by atoms with van der Waals surface area (Å²) in [7, 11) is 0. The second kappa shape index (κ2) is 9.60. The molecule has 3 aromatic rings. The number of amides is 1. The lowest BCUT2D eigenvalue weighted by atomic mass is 10.1. The molecule has 1 amide bonds. The molecule has 4 heteroatoms. The van der Waals surface area contributed by atoms with E-state index >= 15 is 0 Å². The maximum atomic E-state index is 12.2. The first-order chi connectivity index (χ1) is 13.6. The molecule has 0 saturated carbocycles. The fourth-order valence-electron chi connectivity index (χ4n) is 3.03. The van der Waals surface area contributed by atoms with Gasteiger partial charge in [-0.15, -0.1) is 0 Å². The van der Waals surface area contributed by atoms with Crippen LogP contribution in [0.2, 0.25) is 0 Å². The molecule has 4 nitrogen and oxygen atoms in total. The van der Waals surface area contributed by atoms with Crippen molar-refractivity contribution in [3.05, 3.63) is 89.5 Å². The lowest BCUT2D eigenvalue weighted by molar-refractivity contribution is -0.114. The molecule has 0 aliphatic carbocycles. The van der Waals surface area contributed by atoms with E-state index in [0.717, 1.165) is 34.7 Å². The van der Waals surface area contributed by atoms with Crippen molar-refractivity contribution >= 4 is 17.3 Å². The van der Waals surface area contributed by atoms with Gasteiger partial charge in [0, 0.05) is 17.8 Å². The van der Waals surface area contributed by atoms with Gasteiger partial charge in [-0.25, -0.2) is 0 Å². The van der Waals surface area contributed by atoms with Crippen LogP contribution in [0.4, 0.5) is 11.4 Å². The summed E-state index contributed by atoms with van der Waals surface area (Å²) in [5.74, 6) is 0.711. The number of benzene rings is 3. The average Bonchev–Trinajstić information content (AvgIpc) is 2.70. The van der Waals surface area contributed by atoms with Gasteiger partial charge in [-0.05, 0) is 54.8 Å². The number of carbonyl (C=O) groups excluding carboxylic acids is 1. The van der Waals surface area contributed by atoms with Crippen LogP contribution in [0.25, 0.3) is 0 Å². The van der Waals surface area contributed by atoms with Crippen molar-refractivity contribution in [2.24, 2.45) is 0 Å². The molecule has 0 aromatic heterocycles. The highest BCUT2D eigenvalue weighted by molar-refractivity contribution is 5.94. The smallest absolute Gasteiger partial charge is 0.243 e. The van der Waals surface area contributed by atoms with Crippen molar-refractivity contribution in [1.29, 1.82) is 0 Å². The first-order valence-corrected chi connectivity index (χ1v) is 9.48. The molecular weight excluding hydrogens is 348 g/mol. The Morgan fingerprint density at radius 1 is 0.857 bits per heavy atom. The van der Waals surface area contributed by atoms with Gasteiger partial charge in [0.2, 0.25) is 5.91 Å². The van der Waals surface area contributed by atoms with Gasteiger partial charge < -0.3 is 15.4 Å². The molecule has 3 aromatic carbocycles. The van der Waals surface area contributed by atoms with E-state index in [4.69, 9.17) is 4.74 Å². The average molecular weight is 374 g/mol. The quantitative estimate of drug-likeness (QED) is 0.585. The fourth-order valence-corrected chi connectivity index (χ4v) is 3.03. The Hall–Kier alpha value is -3.27. The fraction of sp³-hybridized carbons (Fsp3) is 0.208. The third-order valence-corrected chi connectivity index (χ3v) is 4.55. The number of ether oxygens (including phenoxy) is 1. The minimum absolute atomic E-state index is 0.0830. The van der Waals surface area contributed by atoms with E-state index in [1.165, 1.54) is 5.56 Å². The van der Waals surface area contributed by atoms with Gasteiger partial charge in [0.1, 0.15) is 5.75 Å². The molecule has 0 aliphatic rings. The van der Waals surface area contributed by atoms with Gasteiger partial charge in [-0.3, -0.25) is 4.79 Å². The molecule has 0 radical (unpaired) electrons. The summed E-state index contributed by atoms with van der Waals surface area (Å²) < 4.78 is 5.78. The highest BCUT2D eigenvalue weighted by Crippen LogP contribution is 2.19. The first kappa shape index (κ1) is 19.5. The normalized spacial score (nSPS) is 10.4. The van der Waals surface area contributed by atoms with Crippen molar-refractivity contribution < 1.29 is 9.53 Å². The zero-order valence-corrected chi connectivity index (χ0v) is 16.4. The van der Waals surface area contributed by atoms with Crippen LogP contribution in [0.15, 0.2) is 72.8 Å². The molecule has 144 valence electrons. The molecule has 0 fully saturated rings. The molecule has 28 heavy (non-hydrogen) atoms. The third-order valence-electron chi connectivity index (χ3n) is 4.55. The number of hydrogen-bond acceptors (Lipinski definition) is 3. The third kappa shape index (κ3) is 5.61. The van der Waals surface area contributed by atoms with Crippen LogP contribution in [0.5, 0.6) is 5.75 Å². The maximum Gasteiger partial charge on any atom is 0.243 e. The summed E-state index contributed by atoms with van der Waals surface area (Å²) in [6, 6.07) is 23.8. The molecule has 0 spiro atoms. The van der Waals surface area contributed by atoms with Gasteiger partial charge in [0.05, 0.1) is 13.2 Å². The number of para-hydroxylation sites is 1. The molecule has 0 saturated heterocycles. The van der Waals surface area contributed by atoms with E-state index in [1.807, 2.05) is 74.5 Å². The number of rotatable bonds is 8.